The molecule has 0 saturated heterocycles. The summed E-state index contributed by atoms with van der Waals surface area (Å²) in [5.74, 6) is -0.604. The van der Waals surface area contributed by atoms with E-state index in [1.807, 2.05) is 0 Å². The molecule has 10 heteroatoms. The van der Waals surface area contributed by atoms with Gasteiger partial charge in [0.2, 0.25) is 0 Å². The Labute approximate surface area is 179 Å². The molecule has 6 nitrogen and oxygen atoms in total. The number of halogens is 4. The number of amides is 3. The average molecular weight is 456 g/mol. The topological polar surface area (TPSA) is 84.0 Å². The van der Waals surface area contributed by atoms with Crippen molar-refractivity contribution in [3.8, 4) is 11.3 Å². The molecule has 0 fully saturated rings. The van der Waals surface area contributed by atoms with E-state index < -0.39 is 11.9 Å². The maximum absolute atomic E-state index is 12.2. The third-order valence-corrected chi connectivity index (χ3v) is 4.89. The zero-order valence-electron chi connectivity index (χ0n) is 13.8. The molecule has 0 atom stereocenters. The second-order valence-corrected chi connectivity index (χ2v) is 7.05. The molecule has 3 amide bonds. The summed E-state index contributed by atoms with van der Waals surface area (Å²) < 4.78 is 0. The molecule has 0 bridgehead atoms. The monoisotopic (exact) mass is 454 g/mol. The summed E-state index contributed by atoms with van der Waals surface area (Å²) in [7, 11) is 0. The highest BCUT2D eigenvalue weighted by Crippen LogP contribution is 2.27. The Morgan fingerprint density at radius 3 is 2.14 bits per heavy atom. The van der Waals surface area contributed by atoms with Gasteiger partial charge in [-0.1, -0.05) is 58.5 Å². The summed E-state index contributed by atoms with van der Waals surface area (Å²) in [6.45, 7) is 0. The van der Waals surface area contributed by atoms with Gasteiger partial charge in [0.15, 0.2) is 5.82 Å². The van der Waals surface area contributed by atoms with E-state index in [4.69, 9.17) is 46.4 Å². The zero-order chi connectivity index (χ0) is 20.3. The fourth-order valence-corrected chi connectivity index (χ4v) is 3.09. The summed E-state index contributed by atoms with van der Waals surface area (Å²) in [6.07, 6.45) is 2.78. The number of urea groups is 1. The second kappa shape index (κ2) is 8.75. The van der Waals surface area contributed by atoms with E-state index in [1.54, 1.807) is 24.3 Å². The van der Waals surface area contributed by atoms with Crippen molar-refractivity contribution < 1.29 is 9.59 Å². The smallest absolute Gasteiger partial charge is 0.291 e. The minimum atomic E-state index is -0.808. The van der Waals surface area contributed by atoms with Crippen LogP contribution in [-0.4, -0.2) is 21.9 Å². The normalized spacial score (nSPS) is 10.4. The maximum atomic E-state index is 12.2. The van der Waals surface area contributed by atoms with Gasteiger partial charge in [-0.15, -0.1) is 0 Å². The Hall–Kier alpha value is -2.38. The van der Waals surface area contributed by atoms with Crippen molar-refractivity contribution >= 4 is 64.2 Å². The van der Waals surface area contributed by atoms with E-state index in [0.717, 1.165) is 0 Å². The van der Waals surface area contributed by atoms with Crippen LogP contribution in [0.25, 0.3) is 11.3 Å². The van der Waals surface area contributed by atoms with Gasteiger partial charge in [0.1, 0.15) is 0 Å². The number of hydrogen-bond acceptors (Lipinski definition) is 4. The number of hydrogen-bond donors (Lipinski definition) is 2. The Bertz CT molecular complexity index is 1040. The van der Waals surface area contributed by atoms with Gasteiger partial charge < -0.3 is 0 Å². The molecule has 0 spiro atoms. The molecule has 0 saturated carbocycles. The van der Waals surface area contributed by atoms with Crippen molar-refractivity contribution in [1.29, 1.82) is 0 Å². The fourth-order valence-electron chi connectivity index (χ4n) is 2.23. The molecule has 0 aliphatic heterocycles. The first-order chi connectivity index (χ1) is 13.3. The lowest BCUT2D eigenvalue weighted by atomic mass is 10.2. The van der Waals surface area contributed by atoms with Gasteiger partial charge in [-0.3, -0.25) is 20.4 Å². The highest BCUT2D eigenvalue weighted by atomic mass is 35.5. The van der Waals surface area contributed by atoms with Crippen molar-refractivity contribution in [2.45, 2.75) is 0 Å². The summed E-state index contributed by atoms with van der Waals surface area (Å²) >= 11 is 23.8. The van der Waals surface area contributed by atoms with Gasteiger partial charge in [0.25, 0.3) is 5.91 Å². The SMILES string of the molecule is O=C(NC(=O)c1c(Cl)cccc1Cl)Nc1cnc(-c2ccc(Cl)c(Cl)c2)cn1. The number of nitrogens with zero attached hydrogens (tertiary/aromatic N) is 2. The van der Waals surface area contributed by atoms with Crippen molar-refractivity contribution in [2.75, 3.05) is 5.32 Å². The van der Waals surface area contributed by atoms with Gasteiger partial charge in [-0.2, -0.15) is 0 Å². The van der Waals surface area contributed by atoms with Crippen LogP contribution in [0.2, 0.25) is 20.1 Å². The predicted octanol–water partition coefficient (Wildman–Crippen LogP) is 5.72. The molecule has 1 heterocycles. The van der Waals surface area contributed by atoms with Gasteiger partial charge in [0.05, 0.1) is 43.7 Å². The lowest BCUT2D eigenvalue weighted by Crippen LogP contribution is -2.35. The van der Waals surface area contributed by atoms with E-state index in [-0.39, 0.29) is 21.4 Å². The third-order valence-electron chi connectivity index (χ3n) is 3.53. The van der Waals surface area contributed by atoms with Crippen LogP contribution in [0.3, 0.4) is 0 Å². The molecule has 2 N–H and O–H groups in total. The van der Waals surface area contributed by atoms with Crippen LogP contribution in [0.5, 0.6) is 0 Å². The molecular formula is C18H10Cl4N4O2. The standard InChI is InChI=1S/C18H10Cl4N4O2/c19-10-5-4-9(6-13(10)22)14-7-24-15(8-23-14)25-18(28)26-17(27)16-11(20)2-1-3-12(16)21/h1-8H,(H2,24,25,26,27,28). The lowest BCUT2D eigenvalue weighted by Gasteiger charge is -2.09. The molecule has 3 aromatic rings. The van der Waals surface area contributed by atoms with Crippen molar-refractivity contribution in [3.63, 3.8) is 0 Å². The quantitative estimate of drug-likeness (QED) is 0.528. The first-order valence-electron chi connectivity index (χ1n) is 7.69. The summed E-state index contributed by atoms with van der Waals surface area (Å²) in [4.78, 5) is 32.5. The van der Waals surface area contributed by atoms with Crippen LogP contribution in [0.15, 0.2) is 48.8 Å². The number of anilines is 1. The van der Waals surface area contributed by atoms with E-state index in [2.05, 4.69) is 20.6 Å². The van der Waals surface area contributed by atoms with Crippen molar-refractivity contribution in [1.82, 2.24) is 15.3 Å². The molecule has 28 heavy (non-hydrogen) atoms. The molecule has 142 valence electrons. The fraction of sp³-hybridized carbons (Fsp3) is 0. The Kier molecular flexibility index (Phi) is 6.36. The van der Waals surface area contributed by atoms with Crippen molar-refractivity contribution in [3.05, 3.63) is 74.4 Å². The molecule has 3 rings (SSSR count). The predicted molar refractivity (Wildman–Crippen MR) is 110 cm³/mol. The largest absolute Gasteiger partial charge is 0.327 e. The van der Waals surface area contributed by atoms with Gasteiger partial charge in [-0.25, -0.2) is 9.78 Å². The Morgan fingerprint density at radius 2 is 1.54 bits per heavy atom. The second-order valence-electron chi connectivity index (χ2n) is 5.42. The van der Waals surface area contributed by atoms with Crippen molar-refractivity contribution in [2.24, 2.45) is 0 Å². The van der Waals surface area contributed by atoms with Gasteiger partial charge in [-0.05, 0) is 24.3 Å². The Balaban J connectivity index is 1.67. The number of nitrogens with one attached hydrogen (secondary N) is 2. The Morgan fingerprint density at radius 1 is 0.821 bits per heavy atom. The molecular weight excluding hydrogens is 446 g/mol. The first kappa shape index (κ1) is 20.4. The lowest BCUT2D eigenvalue weighted by molar-refractivity contribution is 0.0967. The molecule has 2 aromatic carbocycles. The molecule has 1 aromatic heterocycles. The average Bonchev–Trinajstić information content (AvgIpc) is 2.64. The highest BCUT2D eigenvalue weighted by molar-refractivity contribution is 6.42. The van der Waals surface area contributed by atoms with E-state index in [1.165, 1.54) is 24.5 Å². The van der Waals surface area contributed by atoms with Crippen LogP contribution in [0, 0.1) is 0 Å². The maximum Gasteiger partial charge on any atom is 0.327 e. The number of carbonyl (C=O) groups is 2. The summed E-state index contributed by atoms with van der Waals surface area (Å²) in [5, 5.41) is 5.60. The van der Waals surface area contributed by atoms with Crippen LogP contribution in [-0.2, 0) is 0 Å². The summed E-state index contributed by atoms with van der Waals surface area (Å²) in [6, 6.07) is 8.81. The minimum Gasteiger partial charge on any atom is -0.291 e. The first-order valence-corrected chi connectivity index (χ1v) is 9.20. The highest BCUT2D eigenvalue weighted by Gasteiger charge is 2.17. The molecule has 0 aliphatic rings. The zero-order valence-corrected chi connectivity index (χ0v) is 16.9. The molecule has 0 radical (unpaired) electrons. The number of carbonyl (C=O) groups excluding carboxylic acids is 2. The molecule has 0 unspecified atom stereocenters. The number of rotatable bonds is 3. The molecule has 0 aliphatic carbocycles. The number of benzene rings is 2. The van der Waals surface area contributed by atoms with Crippen LogP contribution < -0.4 is 10.6 Å². The van der Waals surface area contributed by atoms with E-state index in [0.29, 0.717) is 21.3 Å². The van der Waals surface area contributed by atoms with Gasteiger partial charge in [0, 0.05) is 5.56 Å². The summed E-state index contributed by atoms with van der Waals surface area (Å²) in [5.41, 5.74) is 1.24. The van der Waals surface area contributed by atoms with E-state index in [9.17, 15) is 9.59 Å². The minimum absolute atomic E-state index is 0.00188. The number of aromatic nitrogens is 2. The van der Waals surface area contributed by atoms with Crippen LogP contribution in [0.1, 0.15) is 10.4 Å². The third kappa shape index (κ3) is 4.72. The van der Waals surface area contributed by atoms with Crippen LogP contribution >= 0.6 is 46.4 Å². The number of imide groups is 1. The van der Waals surface area contributed by atoms with Gasteiger partial charge >= 0.3 is 6.03 Å². The van der Waals surface area contributed by atoms with E-state index >= 15 is 0 Å². The van der Waals surface area contributed by atoms with Crippen LogP contribution in [0.4, 0.5) is 10.6 Å².